The Labute approximate surface area is 193 Å². The molecule has 2 aliphatic rings. The maximum absolute atomic E-state index is 13.5. The number of anilines is 1. The van der Waals surface area contributed by atoms with Crippen LogP contribution in [0.1, 0.15) is 43.9 Å². The SMILES string of the molecule is CC1(C)CC(=O)C2=C(C1)c1c(ccc3ccccc13)N[C@H]2c1cc(Br)cc([N+](=O)[O-])c1O. The highest BCUT2D eigenvalue weighted by Gasteiger charge is 2.42. The van der Waals surface area contributed by atoms with Crippen LogP contribution in [0.4, 0.5) is 11.4 Å². The van der Waals surface area contributed by atoms with E-state index in [0.29, 0.717) is 28.5 Å². The fraction of sp³-hybridized carbons (Fsp3) is 0.240. The lowest BCUT2D eigenvalue weighted by Gasteiger charge is -2.40. The summed E-state index contributed by atoms with van der Waals surface area (Å²) >= 11 is 3.32. The van der Waals surface area contributed by atoms with E-state index in [1.165, 1.54) is 6.07 Å². The first-order chi connectivity index (χ1) is 15.2. The van der Waals surface area contributed by atoms with Gasteiger partial charge in [0, 0.05) is 39.3 Å². The van der Waals surface area contributed by atoms with Gasteiger partial charge in [-0.05, 0) is 40.3 Å². The topological polar surface area (TPSA) is 92.5 Å². The summed E-state index contributed by atoms with van der Waals surface area (Å²) in [6.07, 6.45) is 1.07. The number of aromatic hydroxyl groups is 1. The molecule has 1 aliphatic carbocycles. The van der Waals surface area contributed by atoms with Gasteiger partial charge in [0.05, 0.1) is 11.0 Å². The van der Waals surface area contributed by atoms with Crippen molar-refractivity contribution < 1.29 is 14.8 Å². The van der Waals surface area contributed by atoms with E-state index in [1.54, 1.807) is 6.07 Å². The van der Waals surface area contributed by atoms with Gasteiger partial charge in [0.15, 0.2) is 11.5 Å². The molecule has 0 fully saturated rings. The largest absolute Gasteiger partial charge is 0.502 e. The van der Waals surface area contributed by atoms with Gasteiger partial charge >= 0.3 is 5.69 Å². The molecule has 7 heteroatoms. The predicted octanol–water partition coefficient (Wildman–Crippen LogP) is 6.53. The van der Waals surface area contributed by atoms with Crippen molar-refractivity contribution in [2.24, 2.45) is 5.41 Å². The van der Waals surface area contributed by atoms with Crippen molar-refractivity contribution in [1.29, 1.82) is 0 Å². The number of ketones is 1. The molecule has 0 amide bonds. The molecule has 3 aromatic rings. The summed E-state index contributed by atoms with van der Waals surface area (Å²) in [6, 6.07) is 14.3. The Morgan fingerprint density at radius 3 is 2.66 bits per heavy atom. The van der Waals surface area contributed by atoms with Crippen LogP contribution < -0.4 is 5.32 Å². The molecule has 1 aliphatic heterocycles. The Morgan fingerprint density at radius 1 is 1.16 bits per heavy atom. The number of hydrogen-bond acceptors (Lipinski definition) is 5. The van der Waals surface area contributed by atoms with E-state index in [4.69, 9.17) is 0 Å². The lowest BCUT2D eigenvalue weighted by Crippen LogP contribution is -2.33. The maximum Gasteiger partial charge on any atom is 0.312 e. The van der Waals surface area contributed by atoms with Crippen LogP contribution >= 0.6 is 15.9 Å². The summed E-state index contributed by atoms with van der Waals surface area (Å²) < 4.78 is 0.467. The number of phenols is 1. The number of benzene rings is 3. The fourth-order valence-electron chi connectivity index (χ4n) is 5.04. The number of rotatable bonds is 2. The highest BCUT2D eigenvalue weighted by Crippen LogP contribution is 2.53. The number of phenolic OH excluding ortho intramolecular Hbond substituents is 1. The molecule has 32 heavy (non-hydrogen) atoms. The van der Waals surface area contributed by atoms with E-state index in [-0.39, 0.29) is 11.2 Å². The van der Waals surface area contributed by atoms with Gasteiger partial charge in [0.1, 0.15) is 0 Å². The third-order valence-electron chi connectivity index (χ3n) is 6.33. The number of carbonyl (C=O) groups is 1. The Hall–Kier alpha value is -3.19. The van der Waals surface area contributed by atoms with Crippen LogP contribution in [-0.2, 0) is 4.79 Å². The van der Waals surface area contributed by atoms with Crippen LogP contribution in [-0.4, -0.2) is 15.8 Å². The van der Waals surface area contributed by atoms with E-state index in [1.807, 2.05) is 36.4 Å². The molecule has 1 atom stereocenters. The predicted molar refractivity (Wildman–Crippen MR) is 128 cm³/mol. The zero-order valence-electron chi connectivity index (χ0n) is 17.6. The highest BCUT2D eigenvalue weighted by atomic mass is 79.9. The zero-order chi connectivity index (χ0) is 22.8. The third-order valence-corrected chi connectivity index (χ3v) is 6.79. The summed E-state index contributed by atoms with van der Waals surface area (Å²) in [5.74, 6) is -0.432. The van der Waals surface area contributed by atoms with Crippen molar-refractivity contribution in [2.75, 3.05) is 5.32 Å². The second-order valence-corrected chi connectivity index (χ2v) is 10.2. The Bertz CT molecular complexity index is 1360. The minimum absolute atomic E-state index is 0.00522. The second-order valence-electron chi connectivity index (χ2n) is 9.24. The van der Waals surface area contributed by atoms with Crippen LogP contribution in [0.3, 0.4) is 0 Å². The fourth-order valence-corrected chi connectivity index (χ4v) is 5.50. The first-order valence-corrected chi connectivity index (χ1v) is 11.2. The summed E-state index contributed by atoms with van der Waals surface area (Å²) in [6.45, 7) is 4.16. The van der Waals surface area contributed by atoms with E-state index in [0.717, 1.165) is 27.6 Å². The number of Topliss-reactive ketones (excluding diaryl/α,β-unsaturated/α-hetero) is 1. The summed E-state index contributed by atoms with van der Waals surface area (Å²) in [7, 11) is 0. The smallest absolute Gasteiger partial charge is 0.312 e. The number of nitrogens with one attached hydrogen (secondary N) is 1. The van der Waals surface area contributed by atoms with Crippen molar-refractivity contribution in [2.45, 2.75) is 32.7 Å². The number of hydrogen-bond donors (Lipinski definition) is 2. The van der Waals surface area contributed by atoms with Crippen molar-refractivity contribution in [3.63, 3.8) is 0 Å². The molecule has 0 aromatic heterocycles. The lowest BCUT2D eigenvalue weighted by molar-refractivity contribution is -0.386. The van der Waals surface area contributed by atoms with Crippen molar-refractivity contribution in [3.8, 4) is 5.75 Å². The van der Waals surface area contributed by atoms with Crippen molar-refractivity contribution >= 4 is 49.4 Å². The van der Waals surface area contributed by atoms with Gasteiger partial charge < -0.3 is 10.4 Å². The highest BCUT2D eigenvalue weighted by molar-refractivity contribution is 9.10. The molecule has 2 N–H and O–H groups in total. The monoisotopic (exact) mass is 492 g/mol. The van der Waals surface area contributed by atoms with Crippen LogP contribution in [0, 0.1) is 15.5 Å². The molecule has 1 heterocycles. The number of nitrogens with zero attached hydrogens (tertiary/aromatic N) is 1. The summed E-state index contributed by atoms with van der Waals surface area (Å²) in [4.78, 5) is 24.4. The molecule has 162 valence electrons. The van der Waals surface area contributed by atoms with E-state index in [2.05, 4.69) is 35.1 Å². The molecular formula is C25H21BrN2O4. The third kappa shape index (κ3) is 3.19. The number of allylic oxidation sites excluding steroid dienone is 1. The van der Waals surface area contributed by atoms with Crippen LogP contribution in [0.25, 0.3) is 16.3 Å². The molecule has 3 aromatic carbocycles. The molecule has 5 rings (SSSR count). The average Bonchev–Trinajstić information content (AvgIpc) is 2.73. The molecule has 0 bridgehead atoms. The number of carbonyl (C=O) groups excluding carboxylic acids is 1. The van der Waals surface area contributed by atoms with E-state index < -0.39 is 22.4 Å². The minimum Gasteiger partial charge on any atom is -0.502 e. The molecular weight excluding hydrogens is 472 g/mol. The molecule has 6 nitrogen and oxygen atoms in total. The Kier molecular flexibility index (Phi) is 4.64. The molecule has 0 radical (unpaired) electrons. The van der Waals surface area contributed by atoms with Gasteiger partial charge in [0.2, 0.25) is 0 Å². The van der Waals surface area contributed by atoms with Crippen LogP contribution in [0.15, 0.2) is 58.6 Å². The van der Waals surface area contributed by atoms with Gasteiger partial charge in [0.25, 0.3) is 0 Å². The van der Waals surface area contributed by atoms with Crippen molar-refractivity contribution in [1.82, 2.24) is 0 Å². The van der Waals surface area contributed by atoms with Crippen LogP contribution in [0.5, 0.6) is 5.75 Å². The standard InChI is InChI=1S/C25H21BrN2O4/c1-25(2)11-17-21-15-6-4-3-5-13(15)7-8-18(21)27-23(22(17)20(29)12-25)16-9-14(26)10-19(24(16)30)28(31)32/h3-10,23,27,30H,11-12H2,1-2H3/t23-/m0/s1. The van der Waals surface area contributed by atoms with Crippen LogP contribution in [0.2, 0.25) is 0 Å². The number of halogens is 1. The van der Waals surface area contributed by atoms with E-state index >= 15 is 0 Å². The molecule has 0 saturated heterocycles. The quantitative estimate of drug-likeness (QED) is 0.313. The number of fused-ring (bicyclic) bond motifs is 4. The zero-order valence-corrected chi connectivity index (χ0v) is 19.2. The number of nitro benzene ring substituents is 1. The minimum atomic E-state index is -0.682. The second kappa shape index (κ2) is 7.17. The van der Waals surface area contributed by atoms with Gasteiger partial charge in [-0.15, -0.1) is 0 Å². The summed E-state index contributed by atoms with van der Waals surface area (Å²) in [5, 5.41) is 27.9. The van der Waals surface area contributed by atoms with Crippen molar-refractivity contribution in [3.05, 3.63) is 79.8 Å². The number of nitro groups is 1. The molecule has 0 spiro atoms. The molecule has 0 unspecified atom stereocenters. The maximum atomic E-state index is 13.5. The Balaban J connectivity index is 1.82. The normalized spacial score (nSPS) is 19.3. The van der Waals surface area contributed by atoms with Gasteiger partial charge in [-0.25, -0.2) is 0 Å². The lowest BCUT2D eigenvalue weighted by atomic mass is 9.67. The van der Waals surface area contributed by atoms with Gasteiger partial charge in [-0.3, -0.25) is 14.9 Å². The first-order valence-electron chi connectivity index (χ1n) is 10.4. The van der Waals surface area contributed by atoms with Gasteiger partial charge in [-0.2, -0.15) is 0 Å². The Morgan fingerprint density at radius 2 is 1.91 bits per heavy atom. The first kappa shape index (κ1) is 20.7. The molecule has 0 saturated carbocycles. The summed E-state index contributed by atoms with van der Waals surface area (Å²) in [5.41, 5.74) is 3.08. The van der Waals surface area contributed by atoms with E-state index in [9.17, 15) is 20.0 Å². The average molecular weight is 493 g/mol. The van der Waals surface area contributed by atoms with Gasteiger partial charge in [-0.1, -0.05) is 60.1 Å².